The summed E-state index contributed by atoms with van der Waals surface area (Å²) in [4.78, 5) is 18.3. The molecule has 20 heavy (non-hydrogen) atoms. The molecule has 1 aliphatic rings. The van der Waals surface area contributed by atoms with Crippen LogP contribution in [-0.2, 0) is 9.63 Å². The minimum atomic E-state index is -0.211. The van der Waals surface area contributed by atoms with Gasteiger partial charge in [0.1, 0.15) is 5.78 Å². The average molecular weight is 283 g/mol. The van der Waals surface area contributed by atoms with Gasteiger partial charge >= 0.3 is 0 Å². The summed E-state index contributed by atoms with van der Waals surface area (Å²) in [5, 5.41) is 2.11. The highest BCUT2D eigenvalue weighted by Crippen LogP contribution is 2.37. The fourth-order valence-corrected chi connectivity index (χ4v) is 3.38. The third-order valence-electron chi connectivity index (χ3n) is 4.20. The van der Waals surface area contributed by atoms with Crippen LogP contribution >= 0.6 is 0 Å². The van der Waals surface area contributed by atoms with Crippen LogP contribution in [0, 0.1) is 0 Å². The van der Waals surface area contributed by atoms with Crippen molar-refractivity contribution in [2.45, 2.75) is 104 Å². The average Bonchev–Trinajstić information content (AvgIpc) is 2.29. The van der Waals surface area contributed by atoms with Crippen molar-refractivity contribution in [3.05, 3.63) is 0 Å². The van der Waals surface area contributed by atoms with E-state index in [-0.39, 0.29) is 17.2 Å². The number of carbonyl (C=O) groups is 1. The molecule has 0 spiro atoms. The summed E-state index contributed by atoms with van der Waals surface area (Å²) in [6.07, 6.45) is 7.32. The molecule has 1 rings (SSSR count). The lowest BCUT2D eigenvalue weighted by atomic mass is 9.81. The molecule has 1 aliphatic heterocycles. The van der Waals surface area contributed by atoms with Crippen molar-refractivity contribution >= 4 is 5.78 Å². The molecule has 0 aliphatic carbocycles. The van der Waals surface area contributed by atoms with Gasteiger partial charge in [-0.1, -0.05) is 33.1 Å². The Labute approximate surface area is 125 Å². The number of Topliss-reactive ketones (excluding diaryl/α,β-unsaturated/α-hetero) is 1. The van der Waals surface area contributed by atoms with Gasteiger partial charge in [0.2, 0.25) is 0 Å². The van der Waals surface area contributed by atoms with Crippen LogP contribution < -0.4 is 0 Å². The van der Waals surface area contributed by atoms with Crippen molar-refractivity contribution in [2.24, 2.45) is 0 Å². The molecule has 1 saturated heterocycles. The van der Waals surface area contributed by atoms with Crippen molar-refractivity contribution in [3.63, 3.8) is 0 Å². The Morgan fingerprint density at radius 3 is 2.10 bits per heavy atom. The van der Waals surface area contributed by atoms with Crippen LogP contribution in [-0.4, -0.2) is 28.0 Å². The van der Waals surface area contributed by atoms with Crippen LogP contribution in [0.4, 0.5) is 0 Å². The summed E-state index contributed by atoms with van der Waals surface area (Å²) in [7, 11) is 0. The monoisotopic (exact) mass is 283 g/mol. The van der Waals surface area contributed by atoms with E-state index in [1.807, 2.05) is 0 Å². The standard InChI is InChI=1S/C17H33NO2/c1-7-9-10-11-15(8-2)20-18-16(3,4)12-14(19)13-17(18,5)6/h15H,7-13H2,1-6H3. The van der Waals surface area contributed by atoms with Gasteiger partial charge in [-0.15, -0.1) is 0 Å². The summed E-state index contributed by atoms with van der Waals surface area (Å²) in [5.74, 6) is 0.346. The number of nitrogens with zero attached hydrogens (tertiary/aromatic N) is 1. The summed E-state index contributed by atoms with van der Waals surface area (Å²) in [6, 6.07) is 0. The molecule has 0 amide bonds. The van der Waals surface area contributed by atoms with E-state index in [2.05, 4.69) is 46.6 Å². The van der Waals surface area contributed by atoms with Gasteiger partial charge < -0.3 is 0 Å². The van der Waals surface area contributed by atoms with Crippen molar-refractivity contribution in [2.75, 3.05) is 0 Å². The Kier molecular flexibility index (Phi) is 6.21. The number of rotatable bonds is 7. The summed E-state index contributed by atoms with van der Waals surface area (Å²) >= 11 is 0. The first kappa shape index (κ1) is 17.6. The maximum Gasteiger partial charge on any atom is 0.136 e. The number of ketones is 1. The molecule has 1 unspecified atom stereocenters. The Bertz CT molecular complexity index is 303. The summed E-state index contributed by atoms with van der Waals surface area (Å²) in [6.45, 7) is 12.9. The number of unbranched alkanes of at least 4 members (excludes halogenated alkanes) is 2. The molecule has 0 radical (unpaired) electrons. The van der Waals surface area contributed by atoms with E-state index >= 15 is 0 Å². The zero-order valence-corrected chi connectivity index (χ0v) is 14.3. The van der Waals surface area contributed by atoms with Crippen molar-refractivity contribution in [1.82, 2.24) is 5.06 Å². The Morgan fingerprint density at radius 2 is 1.65 bits per heavy atom. The first-order chi connectivity index (χ1) is 9.23. The van der Waals surface area contributed by atoms with Crippen LogP contribution in [0.25, 0.3) is 0 Å². The third-order valence-corrected chi connectivity index (χ3v) is 4.20. The molecular weight excluding hydrogens is 250 g/mol. The van der Waals surface area contributed by atoms with E-state index < -0.39 is 0 Å². The lowest BCUT2D eigenvalue weighted by Gasteiger charge is -2.51. The van der Waals surface area contributed by atoms with E-state index in [1.165, 1.54) is 19.3 Å². The number of hydrogen-bond acceptors (Lipinski definition) is 3. The molecule has 1 atom stereocenters. The van der Waals surface area contributed by atoms with Crippen molar-refractivity contribution < 1.29 is 9.63 Å². The Morgan fingerprint density at radius 1 is 1.10 bits per heavy atom. The van der Waals surface area contributed by atoms with Gasteiger partial charge in [-0.05, 0) is 40.5 Å². The van der Waals surface area contributed by atoms with Crippen molar-refractivity contribution in [3.8, 4) is 0 Å². The Balaban J connectivity index is 2.72. The molecular formula is C17H33NO2. The van der Waals surface area contributed by atoms with E-state index in [4.69, 9.17) is 4.84 Å². The van der Waals surface area contributed by atoms with Crippen molar-refractivity contribution in [1.29, 1.82) is 0 Å². The highest BCUT2D eigenvalue weighted by Gasteiger charge is 2.46. The largest absolute Gasteiger partial charge is 0.300 e. The van der Waals surface area contributed by atoms with Crippen LogP contribution in [0.2, 0.25) is 0 Å². The predicted molar refractivity (Wildman–Crippen MR) is 83.5 cm³/mol. The van der Waals surface area contributed by atoms with E-state index in [0.29, 0.717) is 18.6 Å². The van der Waals surface area contributed by atoms with E-state index in [1.54, 1.807) is 0 Å². The second-order valence-corrected chi connectivity index (χ2v) is 7.44. The number of hydroxylamine groups is 2. The molecule has 0 aromatic rings. The van der Waals surface area contributed by atoms with Crippen LogP contribution in [0.1, 0.15) is 86.5 Å². The highest BCUT2D eigenvalue weighted by molar-refractivity contribution is 5.81. The van der Waals surface area contributed by atoms with Gasteiger partial charge in [-0.3, -0.25) is 9.63 Å². The van der Waals surface area contributed by atoms with E-state index in [0.717, 1.165) is 12.8 Å². The highest BCUT2D eigenvalue weighted by atomic mass is 16.7. The molecule has 3 nitrogen and oxygen atoms in total. The summed E-state index contributed by atoms with van der Waals surface area (Å²) in [5.41, 5.74) is -0.423. The molecule has 0 N–H and O–H groups in total. The zero-order chi connectivity index (χ0) is 15.4. The van der Waals surface area contributed by atoms with E-state index in [9.17, 15) is 4.79 Å². The molecule has 1 heterocycles. The second kappa shape index (κ2) is 7.04. The number of carbonyl (C=O) groups excluding carboxylic acids is 1. The minimum Gasteiger partial charge on any atom is -0.300 e. The molecule has 0 saturated carbocycles. The van der Waals surface area contributed by atoms with Crippen LogP contribution in [0.15, 0.2) is 0 Å². The van der Waals surface area contributed by atoms with Gasteiger partial charge in [0.15, 0.2) is 0 Å². The first-order valence-electron chi connectivity index (χ1n) is 8.21. The molecule has 118 valence electrons. The summed E-state index contributed by atoms with van der Waals surface area (Å²) < 4.78 is 0. The van der Waals surface area contributed by atoms with Crippen LogP contribution in [0.5, 0.6) is 0 Å². The smallest absolute Gasteiger partial charge is 0.136 e. The molecule has 0 bridgehead atoms. The van der Waals surface area contributed by atoms with Gasteiger partial charge in [0.05, 0.1) is 6.10 Å². The minimum absolute atomic E-state index is 0.211. The molecule has 0 aromatic carbocycles. The Hall–Kier alpha value is -0.410. The quantitative estimate of drug-likeness (QED) is 0.644. The normalized spacial score (nSPS) is 23.8. The maximum atomic E-state index is 11.9. The third kappa shape index (κ3) is 4.56. The van der Waals surface area contributed by atoms with Gasteiger partial charge in [-0.25, -0.2) is 0 Å². The van der Waals surface area contributed by atoms with Gasteiger partial charge in [0.25, 0.3) is 0 Å². The fraction of sp³-hybridized carbons (Fsp3) is 0.941. The molecule has 1 fully saturated rings. The van der Waals surface area contributed by atoms with Gasteiger partial charge in [0, 0.05) is 23.9 Å². The SMILES string of the molecule is CCCCCC(CC)ON1C(C)(C)CC(=O)CC1(C)C. The molecule has 3 heteroatoms. The fourth-order valence-electron chi connectivity index (χ4n) is 3.38. The lowest BCUT2D eigenvalue weighted by Crippen LogP contribution is -2.61. The van der Waals surface area contributed by atoms with Crippen LogP contribution in [0.3, 0.4) is 0 Å². The number of hydrogen-bond donors (Lipinski definition) is 0. The first-order valence-corrected chi connectivity index (χ1v) is 8.21. The zero-order valence-electron chi connectivity index (χ0n) is 14.3. The predicted octanol–water partition coefficient (Wildman–Crippen LogP) is 4.50. The molecule has 0 aromatic heterocycles. The lowest BCUT2D eigenvalue weighted by molar-refractivity contribution is -0.300. The van der Waals surface area contributed by atoms with Gasteiger partial charge in [-0.2, -0.15) is 5.06 Å². The topological polar surface area (TPSA) is 29.5 Å². The second-order valence-electron chi connectivity index (χ2n) is 7.44. The maximum absolute atomic E-state index is 11.9. The number of piperidine rings is 1.